The third-order valence-electron chi connectivity index (χ3n) is 7.04. The second-order valence-corrected chi connectivity index (χ2v) is 9.45. The zero-order chi connectivity index (χ0) is 22.8. The summed E-state index contributed by atoms with van der Waals surface area (Å²) in [6, 6.07) is 10.9. The molecular weight excluding hydrogens is 394 g/mol. The number of ketones is 2. The molecule has 0 aromatic heterocycles. The van der Waals surface area contributed by atoms with Crippen LogP contribution in [0.3, 0.4) is 0 Å². The third-order valence-corrected chi connectivity index (χ3v) is 7.04. The van der Waals surface area contributed by atoms with E-state index in [1.54, 1.807) is 6.08 Å². The average molecular weight is 434 g/mol. The summed E-state index contributed by atoms with van der Waals surface area (Å²) in [5, 5.41) is 0. The maximum absolute atomic E-state index is 12.8. The van der Waals surface area contributed by atoms with Gasteiger partial charge in [-0.2, -0.15) is 0 Å². The van der Waals surface area contributed by atoms with Gasteiger partial charge in [-0.05, 0) is 75.8 Å². The first-order valence-electron chi connectivity index (χ1n) is 12.6. The van der Waals surface area contributed by atoms with Crippen LogP contribution in [0.2, 0.25) is 0 Å². The van der Waals surface area contributed by atoms with E-state index in [4.69, 9.17) is 0 Å². The van der Waals surface area contributed by atoms with Crippen LogP contribution in [0.4, 0.5) is 0 Å². The lowest BCUT2D eigenvalue weighted by Crippen LogP contribution is -2.16. The highest BCUT2D eigenvalue weighted by Gasteiger charge is 2.23. The number of carbonyl (C=O) groups excluding carboxylic acids is 2. The van der Waals surface area contributed by atoms with Gasteiger partial charge in [-0.15, -0.1) is 0 Å². The Morgan fingerprint density at radius 3 is 2.62 bits per heavy atom. The summed E-state index contributed by atoms with van der Waals surface area (Å²) in [4.78, 5) is 30.0. The molecule has 3 rings (SSSR count). The highest BCUT2D eigenvalue weighted by atomic mass is 16.1. The van der Waals surface area contributed by atoms with Crippen molar-refractivity contribution in [3.8, 4) is 0 Å². The van der Waals surface area contributed by atoms with Gasteiger partial charge < -0.3 is 0 Å². The van der Waals surface area contributed by atoms with E-state index < -0.39 is 0 Å². The van der Waals surface area contributed by atoms with Gasteiger partial charge in [0.2, 0.25) is 0 Å². The first kappa shape index (κ1) is 24.4. The molecule has 2 unspecified atom stereocenters. The molecule has 0 heterocycles. The molecule has 1 aromatic rings. The lowest BCUT2D eigenvalue weighted by Gasteiger charge is -2.20. The Balaban J connectivity index is 1.54. The number of aliphatic imine (C=N–C) groups is 1. The fourth-order valence-corrected chi connectivity index (χ4v) is 5.27. The van der Waals surface area contributed by atoms with Crippen molar-refractivity contribution < 1.29 is 9.59 Å². The topological polar surface area (TPSA) is 46.5 Å². The normalized spacial score (nSPS) is 22.6. The molecule has 3 nitrogen and oxygen atoms in total. The van der Waals surface area contributed by atoms with E-state index in [0.29, 0.717) is 43.4 Å². The van der Waals surface area contributed by atoms with Crippen molar-refractivity contribution >= 4 is 17.3 Å². The number of nitrogens with zero attached hydrogens (tertiary/aromatic N) is 1. The molecule has 1 fully saturated rings. The summed E-state index contributed by atoms with van der Waals surface area (Å²) < 4.78 is 0. The van der Waals surface area contributed by atoms with Crippen LogP contribution in [0.15, 0.2) is 58.6 Å². The predicted molar refractivity (Wildman–Crippen MR) is 133 cm³/mol. The summed E-state index contributed by atoms with van der Waals surface area (Å²) in [5.41, 5.74) is 4.14. The molecule has 2 atom stereocenters. The molecule has 1 saturated carbocycles. The summed E-state index contributed by atoms with van der Waals surface area (Å²) in [5.74, 6) is 1.62. The van der Waals surface area contributed by atoms with Crippen LogP contribution in [0.1, 0.15) is 96.0 Å². The van der Waals surface area contributed by atoms with Gasteiger partial charge in [0.05, 0.1) is 0 Å². The van der Waals surface area contributed by atoms with E-state index in [9.17, 15) is 9.59 Å². The standard InChI is InChI=1S/C29H39NO2/c1-3-30-27(29-22(2)11-7-10-16-28(29)32)20-19-26(31)18-17-23-12-8-9-15-25(21-23)24-13-5-4-6-14-24/h4-6,10,13-14,16,23,25H,3,7-9,11-12,15,17-21H2,1-2H3. The van der Waals surface area contributed by atoms with Gasteiger partial charge in [-0.25, -0.2) is 0 Å². The highest BCUT2D eigenvalue weighted by molar-refractivity contribution is 6.26. The van der Waals surface area contributed by atoms with E-state index in [1.165, 1.54) is 37.7 Å². The van der Waals surface area contributed by atoms with Crippen molar-refractivity contribution in [3.05, 3.63) is 59.2 Å². The zero-order valence-corrected chi connectivity index (χ0v) is 19.9. The smallest absolute Gasteiger partial charge is 0.187 e. The maximum atomic E-state index is 12.8. The fourth-order valence-electron chi connectivity index (χ4n) is 5.27. The van der Waals surface area contributed by atoms with Gasteiger partial charge >= 0.3 is 0 Å². The van der Waals surface area contributed by atoms with E-state index in [2.05, 4.69) is 35.3 Å². The Morgan fingerprint density at radius 2 is 1.84 bits per heavy atom. The van der Waals surface area contributed by atoms with E-state index in [-0.39, 0.29) is 5.78 Å². The highest BCUT2D eigenvalue weighted by Crippen LogP contribution is 2.36. The lowest BCUT2D eigenvalue weighted by molar-refractivity contribution is -0.119. The summed E-state index contributed by atoms with van der Waals surface area (Å²) in [6.45, 7) is 4.66. The number of allylic oxidation sites excluding steroid dienone is 4. The second-order valence-electron chi connectivity index (χ2n) is 9.45. The quantitative estimate of drug-likeness (QED) is 0.306. The van der Waals surface area contributed by atoms with E-state index >= 15 is 0 Å². The van der Waals surface area contributed by atoms with Gasteiger partial charge in [-0.3, -0.25) is 14.6 Å². The van der Waals surface area contributed by atoms with Gasteiger partial charge in [0.1, 0.15) is 5.78 Å². The van der Waals surface area contributed by atoms with Gasteiger partial charge in [0, 0.05) is 30.7 Å². The molecule has 2 aliphatic rings. The number of hydrogen-bond donors (Lipinski definition) is 0. The van der Waals surface area contributed by atoms with Crippen molar-refractivity contribution in [1.82, 2.24) is 0 Å². The number of rotatable bonds is 9. The Kier molecular flexibility index (Phi) is 9.64. The van der Waals surface area contributed by atoms with Crippen LogP contribution in [0, 0.1) is 5.92 Å². The first-order valence-corrected chi connectivity index (χ1v) is 12.6. The minimum absolute atomic E-state index is 0.0464. The molecule has 3 heteroatoms. The molecular formula is C29H39NO2. The van der Waals surface area contributed by atoms with Gasteiger partial charge in [0.25, 0.3) is 0 Å². The van der Waals surface area contributed by atoms with Gasteiger partial charge in [-0.1, -0.05) is 61.2 Å². The summed E-state index contributed by atoms with van der Waals surface area (Å²) in [6.07, 6.45) is 14.4. The molecule has 172 valence electrons. The molecule has 1 aromatic carbocycles. The number of Topliss-reactive ketones (excluding diaryl/α,β-unsaturated/α-hetero) is 1. The van der Waals surface area contributed by atoms with Crippen molar-refractivity contribution in [2.24, 2.45) is 10.9 Å². The molecule has 0 radical (unpaired) electrons. The molecule has 0 N–H and O–H groups in total. The number of benzene rings is 1. The van der Waals surface area contributed by atoms with E-state index in [1.807, 2.05) is 19.9 Å². The number of hydrogen-bond acceptors (Lipinski definition) is 3. The van der Waals surface area contributed by atoms with Crippen molar-refractivity contribution in [3.63, 3.8) is 0 Å². The van der Waals surface area contributed by atoms with Crippen LogP contribution < -0.4 is 0 Å². The molecule has 32 heavy (non-hydrogen) atoms. The van der Waals surface area contributed by atoms with Crippen molar-refractivity contribution in [2.75, 3.05) is 6.54 Å². The van der Waals surface area contributed by atoms with E-state index in [0.717, 1.165) is 36.1 Å². The Hall–Kier alpha value is -2.29. The lowest BCUT2D eigenvalue weighted by atomic mass is 9.85. The SMILES string of the molecule is CCN=C(CCC(=O)CCC1CCCCC(c2ccccc2)C1)C1=C(C)CCC=CC1=O. The molecule has 0 saturated heterocycles. The number of carbonyl (C=O) groups is 2. The zero-order valence-electron chi connectivity index (χ0n) is 19.9. The van der Waals surface area contributed by atoms with Crippen LogP contribution in [-0.4, -0.2) is 23.8 Å². The first-order chi connectivity index (χ1) is 15.6. The molecule has 0 spiro atoms. The van der Waals surface area contributed by atoms with Crippen LogP contribution in [-0.2, 0) is 9.59 Å². The Morgan fingerprint density at radius 1 is 1.06 bits per heavy atom. The van der Waals surface area contributed by atoms with Crippen molar-refractivity contribution in [2.45, 2.75) is 90.4 Å². The fraction of sp³-hybridized carbons (Fsp3) is 0.552. The largest absolute Gasteiger partial charge is 0.300 e. The van der Waals surface area contributed by atoms with Crippen LogP contribution in [0.25, 0.3) is 0 Å². The maximum Gasteiger partial charge on any atom is 0.187 e. The second kappa shape index (κ2) is 12.7. The predicted octanol–water partition coefficient (Wildman–Crippen LogP) is 7.18. The molecule has 2 aliphatic carbocycles. The minimum atomic E-state index is 0.0464. The van der Waals surface area contributed by atoms with Crippen molar-refractivity contribution in [1.29, 1.82) is 0 Å². The molecule has 0 bridgehead atoms. The average Bonchev–Trinajstić information content (AvgIpc) is 3.14. The monoisotopic (exact) mass is 433 g/mol. The Labute approximate surface area is 194 Å². The molecule has 0 aliphatic heterocycles. The Bertz CT molecular complexity index is 862. The minimum Gasteiger partial charge on any atom is -0.300 e. The van der Waals surface area contributed by atoms with Gasteiger partial charge in [0.15, 0.2) is 5.78 Å². The van der Waals surface area contributed by atoms with Crippen LogP contribution in [0.5, 0.6) is 0 Å². The third kappa shape index (κ3) is 7.12. The van der Waals surface area contributed by atoms with Crippen LogP contribution >= 0.6 is 0 Å². The molecule has 0 amide bonds. The summed E-state index contributed by atoms with van der Waals surface area (Å²) >= 11 is 0. The summed E-state index contributed by atoms with van der Waals surface area (Å²) in [7, 11) is 0.